The van der Waals surface area contributed by atoms with E-state index in [4.69, 9.17) is 10.5 Å². The Bertz CT molecular complexity index is 939. The van der Waals surface area contributed by atoms with Crippen LogP contribution in [0, 0.1) is 0 Å². The molecule has 1 aromatic heterocycles. The van der Waals surface area contributed by atoms with E-state index in [1.807, 2.05) is 24.3 Å². The molecule has 0 amide bonds. The first-order valence-electron chi connectivity index (χ1n) is 8.41. The highest BCUT2D eigenvalue weighted by Crippen LogP contribution is 2.38. The number of anilines is 1. The summed E-state index contributed by atoms with van der Waals surface area (Å²) in [4.78, 5) is 12.1. The van der Waals surface area contributed by atoms with Crippen LogP contribution < -0.4 is 5.73 Å². The Morgan fingerprint density at radius 2 is 1.80 bits per heavy atom. The van der Waals surface area contributed by atoms with E-state index >= 15 is 0 Å². The van der Waals surface area contributed by atoms with Gasteiger partial charge in [-0.15, -0.1) is 0 Å². The van der Waals surface area contributed by atoms with Crippen molar-refractivity contribution in [1.29, 1.82) is 0 Å². The van der Waals surface area contributed by atoms with Gasteiger partial charge in [0.05, 0.1) is 13.5 Å². The largest absolute Gasteiger partial charge is 0.469 e. The molecule has 0 radical (unpaired) electrons. The number of hydrogen-bond acceptors (Lipinski definition) is 3. The normalized spacial score (nSPS) is 12.4. The molecule has 0 bridgehead atoms. The highest BCUT2D eigenvalue weighted by atomic mass is 16.5. The highest BCUT2D eigenvalue weighted by Gasteiger charge is 2.25. The zero-order valence-corrected chi connectivity index (χ0v) is 14.2. The topological polar surface area (TPSA) is 57.2 Å². The van der Waals surface area contributed by atoms with Crippen LogP contribution >= 0.6 is 0 Å². The summed E-state index contributed by atoms with van der Waals surface area (Å²) in [6, 6.07) is 16.1. The maximum absolute atomic E-state index is 12.1. The van der Waals surface area contributed by atoms with E-state index in [0.29, 0.717) is 0 Å². The zero-order valence-electron chi connectivity index (χ0n) is 14.2. The van der Waals surface area contributed by atoms with Crippen molar-refractivity contribution in [3.8, 4) is 16.8 Å². The fourth-order valence-corrected chi connectivity index (χ4v) is 3.62. The minimum atomic E-state index is -0.236. The molecular formula is C21H20N2O2. The van der Waals surface area contributed by atoms with E-state index in [0.717, 1.165) is 29.9 Å². The van der Waals surface area contributed by atoms with Gasteiger partial charge >= 0.3 is 5.97 Å². The second-order valence-electron chi connectivity index (χ2n) is 6.35. The van der Waals surface area contributed by atoms with Gasteiger partial charge in [-0.1, -0.05) is 24.3 Å². The summed E-state index contributed by atoms with van der Waals surface area (Å²) in [6.45, 7) is 0. The number of rotatable bonds is 3. The summed E-state index contributed by atoms with van der Waals surface area (Å²) < 4.78 is 7.04. The number of benzene rings is 2. The number of nitrogen functional groups attached to an aromatic ring is 1. The van der Waals surface area contributed by atoms with Crippen molar-refractivity contribution >= 4 is 11.7 Å². The average Bonchev–Trinajstić information content (AvgIpc) is 3.01. The molecule has 126 valence electrons. The monoisotopic (exact) mass is 332 g/mol. The van der Waals surface area contributed by atoms with Crippen molar-refractivity contribution in [1.82, 2.24) is 4.57 Å². The van der Waals surface area contributed by atoms with Gasteiger partial charge in [-0.3, -0.25) is 4.79 Å². The molecule has 0 saturated carbocycles. The number of carbonyl (C=O) groups is 1. The quantitative estimate of drug-likeness (QED) is 0.589. The van der Waals surface area contributed by atoms with Crippen LogP contribution in [-0.2, 0) is 28.8 Å². The van der Waals surface area contributed by atoms with Gasteiger partial charge in [0.1, 0.15) is 0 Å². The third kappa shape index (κ3) is 2.70. The highest BCUT2D eigenvalue weighted by molar-refractivity contribution is 5.82. The second kappa shape index (κ2) is 6.13. The number of nitrogens with zero attached hydrogens (tertiary/aromatic N) is 1. The summed E-state index contributed by atoms with van der Waals surface area (Å²) >= 11 is 0. The van der Waals surface area contributed by atoms with Crippen LogP contribution in [0.25, 0.3) is 16.8 Å². The van der Waals surface area contributed by atoms with Gasteiger partial charge in [0.25, 0.3) is 0 Å². The van der Waals surface area contributed by atoms with Crippen molar-refractivity contribution in [2.24, 2.45) is 0 Å². The number of methoxy groups -OCH3 is 1. The maximum Gasteiger partial charge on any atom is 0.311 e. The number of ether oxygens (including phenoxy) is 1. The van der Waals surface area contributed by atoms with Crippen LogP contribution in [0.15, 0.2) is 54.7 Å². The Kier molecular flexibility index (Phi) is 3.80. The average molecular weight is 332 g/mol. The van der Waals surface area contributed by atoms with Crippen LogP contribution in [0.5, 0.6) is 0 Å². The van der Waals surface area contributed by atoms with Crippen molar-refractivity contribution in [3.05, 3.63) is 71.5 Å². The summed E-state index contributed by atoms with van der Waals surface area (Å²) in [7, 11) is 1.43. The molecule has 1 aliphatic rings. The minimum Gasteiger partial charge on any atom is -0.469 e. The van der Waals surface area contributed by atoms with Gasteiger partial charge in [-0.2, -0.15) is 0 Å². The smallest absolute Gasteiger partial charge is 0.311 e. The zero-order chi connectivity index (χ0) is 17.4. The van der Waals surface area contributed by atoms with E-state index in [2.05, 4.69) is 35.0 Å². The van der Waals surface area contributed by atoms with E-state index in [1.165, 1.54) is 29.4 Å². The lowest BCUT2D eigenvalue weighted by atomic mass is 9.86. The molecule has 0 unspecified atom stereocenters. The molecule has 2 aromatic carbocycles. The van der Waals surface area contributed by atoms with Crippen molar-refractivity contribution in [2.75, 3.05) is 12.8 Å². The first-order chi connectivity index (χ1) is 12.2. The van der Waals surface area contributed by atoms with Crippen molar-refractivity contribution in [3.63, 3.8) is 0 Å². The standard InChI is InChI=1S/C21H20N2O2/c1-25-20(24)12-19-21-15(7-6-14-4-2-3-5-18(14)21)13-23(19)17-10-8-16(22)9-11-17/h2-5,8-11,13H,6-7,12,22H2,1H3. The second-order valence-corrected chi connectivity index (χ2v) is 6.35. The van der Waals surface area contributed by atoms with Crippen molar-refractivity contribution < 1.29 is 9.53 Å². The molecule has 4 rings (SSSR count). The molecular weight excluding hydrogens is 312 g/mol. The summed E-state index contributed by atoms with van der Waals surface area (Å²) in [5.74, 6) is -0.236. The molecule has 4 nitrogen and oxygen atoms in total. The van der Waals surface area contributed by atoms with Gasteiger partial charge in [0, 0.05) is 28.8 Å². The summed E-state index contributed by atoms with van der Waals surface area (Å²) in [5.41, 5.74) is 13.5. The molecule has 0 aliphatic heterocycles. The maximum atomic E-state index is 12.1. The molecule has 0 fully saturated rings. The lowest BCUT2D eigenvalue weighted by Gasteiger charge is -2.18. The SMILES string of the molecule is COC(=O)Cc1c2c(cn1-c1ccc(N)cc1)CCc1ccccc1-2. The van der Waals surface area contributed by atoms with Gasteiger partial charge in [0.2, 0.25) is 0 Å². The lowest BCUT2D eigenvalue weighted by molar-refractivity contribution is -0.139. The molecule has 0 spiro atoms. The molecule has 25 heavy (non-hydrogen) atoms. The number of carbonyl (C=O) groups excluding carboxylic acids is 1. The fraction of sp³-hybridized carbons (Fsp3) is 0.190. The molecule has 0 atom stereocenters. The van der Waals surface area contributed by atoms with Gasteiger partial charge in [-0.05, 0) is 53.8 Å². The number of aryl methyl sites for hydroxylation is 2. The molecule has 4 heteroatoms. The predicted molar refractivity (Wildman–Crippen MR) is 98.7 cm³/mol. The first-order valence-corrected chi connectivity index (χ1v) is 8.41. The number of hydrogen-bond donors (Lipinski definition) is 1. The Morgan fingerprint density at radius 1 is 1.08 bits per heavy atom. The summed E-state index contributed by atoms with van der Waals surface area (Å²) in [5, 5.41) is 0. The fourth-order valence-electron chi connectivity index (χ4n) is 3.62. The lowest BCUT2D eigenvalue weighted by Crippen LogP contribution is -2.11. The van der Waals surface area contributed by atoms with Gasteiger partial charge in [-0.25, -0.2) is 0 Å². The minimum absolute atomic E-state index is 0.236. The molecule has 3 aromatic rings. The number of nitrogens with two attached hydrogens (primary N) is 1. The van der Waals surface area contributed by atoms with Gasteiger partial charge in [0.15, 0.2) is 0 Å². The Labute approximate surface area is 146 Å². The number of fused-ring (bicyclic) bond motifs is 3. The van der Waals surface area contributed by atoms with Crippen LogP contribution in [0.3, 0.4) is 0 Å². The molecule has 1 aliphatic carbocycles. The van der Waals surface area contributed by atoms with Crippen LogP contribution in [-0.4, -0.2) is 17.6 Å². The number of aromatic nitrogens is 1. The number of esters is 1. The third-order valence-corrected chi connectivity index (χ3v) is 4.85. The van der Waals surface area contributed by atoms with Crippen LogP contribution in [0.1, 0.15) is 16.8 Å². The predicted octanol–water partition coefficient (Wildman–Crippen LogP) is 3.54. The van der Waals surface area contributed by atoms with E-state index < -0.39 is 0 Å². The van der Waals surface area contributed by atoms with Gasteiger partial charge < -0.3 is 15.0 Å². The molecule has 0 saturated heterocycles. The third-order valence-electron chi connectivity index (χ3n) is 4.85. The van der Waals surface area contributed by atoms with Crippen LogP contribution in [0.4, 0.5) is 5.69 Å². The first kappa shape index (κ1) is 15.5. The van der Waals surface area contributed by atoms with E-state index in [9.17, 15) is 4.79 Å². The Hall–Kier alpha value is -3.01. The Morgan fingerprint density at radius 3 is 2.56 bits per heavy atom. The molecule has 2 N–H and O–H groups in total. The van der Waals surface area contributed by atoms with E-state index in [1.54, 1.807) is 0 Å². The summed E-state index contributed by atoms with van der Waals surface area (Å²) in [6.07, 6.45) is 4.38. The van der Waals surface area contributed by atoms with Crippen molar-refractivity contribution in [2.45, 2.75) is 19.3 Å². The Balaban J connectivity index is 1.93. The molecule has 1 heterocycles. The van der Waals surface area contributed by atoms with Crippen LogP contribution in [0.2, 0.25) is 0 Å². The van der Waals surface area contributed by atoms with E-state index in [-0.39, 0.29) is 12.4 Å².